The summed E-state index contributed by atoms with van der Waals surface area (Å²) in [5, 5.41) is 2.97. The standard InChI is InChI=1S/C23H20Cl2N2O5/c24-17-7-4-8-18(20(17)25)26-19(28)12-32-23(31)13-9-10-15-16(11-13)22(30)27(21(15)29)14-5-2-1-3-6-14/h4,7-11,14H,1-3,5-6,12H2,(H,26,28). The molecular weight excluding hydrogens is 455 g/mol. The highest BCUT2D eigenvalue weighted by atomic mass is 35.5. The SMILES string of the molecule is O=C(COC(=O)c1ccc2c(c1)C(=O)N(C1CCCCC1)C2=O)Nc1cccc(Cl)c1Cl. The number of hydrogen-bond acceptors (Lipinski definition) is 5. The van der Waals surface area contributed by atoms with Crippen molar-refractivity contribution < 1.29 is 23.9 Å². The van der Waals surface area contributed by atoms with Gasteiger partial charge in [-0.2, -0.15) is 0 Å². The van der Waals surface area contributed by atoms with Crippen molar-refractivity contribution in [3.8, 4) is 0 Å². The molecule has 1 fully saturated rings. The Balaban J connectivity index is 1.41. The summed E-state index contributed by atoms with van der Waals surface area (Å²) in [6.07, 6.45) is 4.67. The maximum Gasteiger partial charge on any atom is 0.338 e. The van der Waals surface area contributed by atoms with Gasteiger partial charge in [0.15, 0.2) is 6.61 Å². The summed E-state index contributed by atoms with van der Waals surface area (Å²) in [6, 6.07) is 8.89. The number of halogens is 2. The van der Waals surface area contributed by atoms with E-state index in [2.05, 4.69) is 5.32 Å². The number of nitrogens with one attached hydrogen (secondary N) is 1. The van der Waals surface area contributed by atoms with Crippen LogP contribution in [0, 0.1) is 0 Å². The molecule has 0 radical (unpaired) electrons. The van der Waals surface area contributed by atoms with Crippen LogP contribution in [-0.2, 0) is 9.53 Å². The minimum atomic E-state index is -0.781. The second kappa shape index (κ2) is 9.30. The van der Waals surface area contributed by atoms with Crippen LogP contribution >= 0.6 is 23.2 Å². The molecule has 32 heavy (non-hydrogen) atoms. The van der Waals surface area contributed by atoms with Crippen molar-refractivity contribution in [1.82, 2.24) is 4.90 Å². The van der Waals surface area contributed by atoms with Crippen LogP contribution in [0.25, 0.3) is 0 Å². The summed E-state index contributed by atoms with van der Waals surface area (Å²) in [7, 11) is 0. The van der Waals surface area contributed by atoms with E-state index in [1.807, 2.05) is 0 Å². The molecule has 2 aliphatic rings. The Bertz CT molecular complexity index is 1110. The smallest absolute Gasteiger partial charge is 0.338 e. The molecule has 4 rings (SSSR count). The Morgan fingerprint density at radius 2 is 1.72 bits per heavy atom. The lowest BCUT2D eigenvalue weighted by Crippen LogP contribution is -2.40. The monoisotopic (exact) mass is 474 g/mol. The highest BCUT2D eigenvalue weighted by Crippen LogP contribution is 2.32. The van der Waals surface area contributed by atoms with Crippen molar-refractivity contribution >= 4 is 52.6 Å². The van der Waals surface area contributed by atoms with E-state index in [1.54, 1.807) is 18.2 Å². The van der Waals surface area contributed by atoms with Crippen LogP contribution in [-0.4, -0.2) is 41.2 Å². The van der Waals surface area contributed by atoms with Crippen molar-refractivity contribution in [2.45, 2.75) is 38.1 Å². The van der Waals surface area contributed by atoms with Crippen LogP contribution in [0.2, 0.25) is 10.0 Å². The Morgan fingerprint density at radius 3 is 2.47 bits per heavy atom. The summed E-state index contributed by atoms with van der Waals surface area (Å²) in [6.45, 7) is -0.556. The number of nitrogens with zero attached hydrogens (tertiary/aromatic N) is 1. The Kier molecular flexibility index (Phi) is 6.48. The zero-order chi connectivity index (χ0) is 22.8. The van der Waals surface area contributed by atoms with Gasteiger partial charge in [0.1, 0.15) is 0 Å². The van der Waals surface area contributed by atoms with Crippen molar-refractivity contribution in [2.75, 3.05) is 11.9 Å². The lowest BCUT2D eigenvalue weighted by atomic mass is 9.94. The van der Waals surface area contributed by atoms with E-state index in [9.17, 15) is 19.2 Å². The number of hydrogen-bond donors (Lipinski definition) is 1. The third-order valence-corrected chi connectivity index (χ3v) is 6.47. The van der Waals surface area contributed by atoms with Crippen LogP contribution < -0.4 is 5.32 Å². The summed E-state index contributed by atoms with van der Waals surface area (Å²) in [5.74, 6) is -2.09. The van der Waals surface area contributed by atoms with E-state index in [0.717, 1.165) is 32.1 Å². The second-order valence-corrected chi connectivity index (χ2v) is 8.54. The molecule has 1 heterocycles. The van der Waals surface area contributed by atoms with E-state index in [-0.39, 0.29) is 44.6 Å². The van der Waals surface area contributed by atoms with Crippen LogP contribution in [0.4, 0.5) is 5.69 Å². The van der Waals surface area contributed by atoms with Gasteiger partial charge in [0, 0.05) is 6.04 Å². The Labute approximate surface area is 194 Å². The maximum absolute atomic E-state index is 12.9. The molecular formula is C23H20Cl2N2O5. The normalized spacial score (nSPS) is 16.1. The topological polar surface area (TPSA) is 92.8 Å². The number of rotatable bonds is 5. The van der Waals surface area contributed by atoms with E-state index in [4.69, 9.17) is 27.9 Å². The molecule has 1 saturated carbocycles. The van der Waals surface area contributed by atoms with Crippen LogP contribution in [0.5, 0.6) is 0 Å². The van der Waals surface area contributed by atoms with Gasteiger partial charge in [-0.3, -0.25) is 19.3 Å². The minimum Gasteiger partial charge on any atom is -0.452 e. The van der Waals surface area contributed by atoms with Gasteiger partial charge < -0.3 is 10.1 Å². The summed E-state index contributed by atoms with van der Waals surface area (Å²) >= 11 is 11.9. The molecule has 3 amide bonds. The lowest BCUT2D eigenvalue weighted by molar-refractivity contribution is -0.119. The van der Waals surface area contributed by atoms with Gasteiger partial charge >= 0.3 is 5.97 Å². The van der Waals surface area contributed by atoms with Gasteiger partial charge in [0.25, 0.3) is 17.7 Å². The van der Waals surface area contributed by atoms with Gasteiger partial charge in [-0.15, -0.1) is 0 Å². The quantitative estimate of drug-likeness (QED) is 0.499. The number of carbonyl (C=O) groups excluding carboxylic acids is 4. The van der Waals surface area contributed by atoms with Crippen LogP contribution in [0.3, 0.4) is 0 Å². The molecule has 9 heteroatoms. The summed E-state index contributed by atoms with van der Waals surface area (Å²) in [5.41, 5.74) is 0.851. The largest absolute Gasteiger partial charge is 0.452 e. The molecule has 0 aromatic heterocycles. The highest BCUT2D eigenvalue weighted by molar-refractivity contribution is 6.44. The van der Waals surface area contributed by atoms with E-state index >= 15 is 0 Å². The Hall–Kier alpha value is -2.90. The number of ether oxygens (including phenoxy) is 1. The van der Waals surface area contributed by atoms with E-state index in [1.165, 1.54) is 23.1 Å². The average molecular weight is 475 g/mol. The molecule has 1 aliphatic heterocycles. The molecule has 1 aliphatic carbocycles. The minimum absolute atomic E-state index is 0.0870. The number of amides is 3. The predicted molar refractivity (Wildman–Crippen MR) is 119 cm³/mol. The maximum atomic E-state index is 12.9. The van der Waals surface area contributed by atoms with Gasteiger partial charge in [0.05, 0.1) is 32.4 Å². The molecule has 0 spiro atoms. The van der Waals surface area contributed by atoms with Crippen LogP contribution in [0.15, 0.2) is 36.4 Å². The number of anilines is 1. The average Bonchev–Trinajstić information content (AvgIpc) is 3.05. The van der Waals surface area contributed by atoms with Crippen molar-refractivity contribution in [2.24, 2.45) is 0 Å². The fourth-order valence-corrected chi connectivity index (χ4v) is 4.41. The first-order valence-electron chi connectivity index (χ1n) is 10.3. The number of carbonyl (C=O) groups is 4. The zero-order valence-corrected chi connectivity index (χ0v) is 18.5. The number of fused-ring (bicyclic) bond motifs is 1. The molecule has 0 atom stereocenters. The third-order valence-electron chi connectivity index (χ3n) is 5.65. The molecule has 0 unspecified atom stereocenters. The fraction of sp³-hybridized carbons (Fsp3) is 0.304. The van der Waals surface area contributed by atoms with Crippen molar-refractivity contribution in [1.29, 1.82) is 0 Å². The molecule has 1 N–H and O–H groups in total. The van der Waals surface area contributed by atoms with Gasteiger partial charge in [-0.25, -0.2) is 4.79 Å². The molecule has 2 aromatic carbocycles. The first kappa shape index (κ1) is 22.3. The first-order valence-corrected chi connectivity index (χ1v) is 11.1. The third kappa shape index (κ3) is 4.36. The van der Waals surface area contributed by atoms with Gasteiger partial charge in [-0.05, 0) is 43.2 Å². The molecule has 2 aromatic rings. The number of esters is 1. The highest BCUT2D eigenvalue weighted by Gasteiger charge is 2.40. The Morgan fingerprint density at radius 1 is 1.00 bits per heavy atom. The summed E-state index contributed by atoms with van der Waals surface area (Å²) < 4.78 is 5.06. The predicted octanol–water partition coefficient (Wildman–Crippen LogP) is 4.72. The van der Waals surface area contributed by atoms with Gasteiger partial charge in [0.2, 0.25) is 0 Å². The summed E-state index contributed by atoms with van der Waals surface area (Å²) in [4.78, 5) is 51.5. The molecule has 0 bridgehead atoms. The lowest BCUT2D eigenvalue weighted by Gasteiger charge is -2.29. The van der Waals surface area contributed by atoms with E-state index < -0.39 is 18.5 Å². The number of benzene rings is 2. The zero-order valence-electron chi connectivity index (χ0n) is 17.0. The fourth-order valence-electron chi connectivity index (χ4n) is 4.06. The van der Waals surface area contributed by atoms with E-state index in [0.29, 0.717) is 5.69 Å². The molecule has 166 valence electrons. The van der Waals surface area contributed by atoms with Crippen molar-refractivity contribution in [3.63, 3.8) is 0 Å². The molecule has 0 saturated heterocycles. The van der Waals surface area contributed by atoms with Crippen molar-refractivity contribution in [3.05, 3.63) is 63.1 Å². The molecule has 7 nitrogen and oxygen atoms in total. The van der Waals surface area contributed by atoms with Gasteiger partial charge in [-0.1, -0.05) is 48.5 Å². The number of imide groups is 1. The van der Waals surface area contributed by atoms with Crippen LogP contribution in [0.1, 0.15) is 63.2 Å². The second-order valence-electron chi connectivity index (χ2n) is 7.76. The first-order chi connectivity index (χ1) is 15.4.